The highest BCUT2D eigenvalue weighted by Crippen LogP contribution is 2.45. The van der Waals surface area contributed by atoms with Gasteiger partial charge in [-0.25, -0.2) is 0 Å². The molecule has 4 heteroatoms. The van der Waals surface area contributed by atoms with E-state index in [-0.39, 0.29) is 17.0 Å². The number of fused-ring (bicyclic) bond motifs is 3. The highest BCUT2D eigenvalue weighted by atomic mass is 79.9. The largest absolute Gasteiger partial charge is 0.493 e. The van der Waals surface area contributed by atoms with Gasteiger partial charge < -0.3 is 9.47 Å². The molecule has 0 radical (unpaired) electrons. The van der Waals surface area contributed by atoms with Crippen molar-refractivity contribution >= 4 is 17.0 Å². The Bertz CT molecular complexity index is 719. The van der Waals surface area contributed by atoms with Crippen LogP contribution in [0, 0.1) is 0 Å². The molecule has 2 aromatic rings. The number of ether oxygens (including phenoxy) is 2. The Kier molecular flexibility index (Phi) is 5.16. The third kappa shape index (κ3) is 2.82. The number of rotatable bonds is 3. The van der Waals surface area contributed by atoms with Gasteiger partial charge >= 0.3 is 0 Å². The second-order valence-electron chi connectivity index (χ2n) is 6.45. The van der Waals surface area contributed by atoms with Gasteiger partial charge in [-0.05, 0) is 48.2 Å². The van der Waals surface area contributed by atoms with Crippen LogP contribution in [0.15, 0.2) is 42.5 Å². The van der Waals surface area contributed by atoms with Crippen molar-refractivity contribution in [1.82, 2.24) is 4.90 Å². The van der Waals surface area contributed by atoms with E-state index in [4.69, 9.17) is 9.47 Å². The summed E-state index contributed by atoms with van der Waals surface area (Å²) >= 11 is 0. The van der Waals surface area contributed by atoms with Crippen LogP contribution in [0.4, 0.5) is 0 Å². The van der Waals surface area contributed by atoms with Crippen molar-refractivity contribution in [2.75, 3.05) is 27.3 Å². The Morgan fingerprint density at radius 1 is 0.958 bits per heavy atom. The van der Waals surface area contributed by atoms with Gasteiger partial charge in [0.2, 0.25) is 0 Å². The minimum Gasteiger partial charge on any atom is -0.493 e. The van der Waals surface area contributed by atoms with E-state index in [9.17, 15) is 0 Å². The first-order valence-electron chi connectivity index (χ1n) is 8.36. The Hall–Kier alpha value is -1.52. The molecule has 0 N–H and O–H groups in total. The molecule has 3 nitrogen and oxygen atoms in total. The molecule has 128 valence electrons. The number of methoxy groups -OCH3 is 2. The van der Waals surface area contributed by atoms with Crippen molar-refractivity contribution in [3.05, 3.63) is 59.2 Å². The number of hydrogen-bond donors (Lipinski definition) is 0. The highest BCUT2D eigenvalue weighted by molar-refractivity contribution is 8.93. The average molecular weight is 390 g/mol. The molecule has 1 fully saturated rings. The molecular weight excluding hydrogens is 366 g/mol. The fraction of sp³-hybridized carbons (Fsp3) is 0.400. The molecule has 2 heterocycles. The van der Waals surface area contributed by atoms with E-state index in [1.54, 1.807) is 14.2 Å². The lowest BCUT2D eigenvalue weighted by molar-refractivity contribution is 0.230. The van der Waals surface area contributed by atoms with Crippen LogP contribution >= 0.6 is 17.0 Å². The molecule has 0 unspecified atom stereocenters. The summed E-state index contributed by atoms with van der Waals surface area (Å²) in [4.78, 5) is 2.64. The maximum Gasteiger partial charge on any atom is 0.161 e. The van der Waals surface area contributed by atoms with Crippen LogP contribution in [0.5, 0.6) is 11.5 Å². The molecule has 0 saturated carbocycles. The fourth-order valence-electron chi connectivity index (χ4n) is 4.22. The van der Waals surface area contributed by atoms with E-state index >= 15 is 0 Å². The zero-order valence-corrected chi connectivity index (χ0v) is 15.9. The average Bonchev–Trinajstić information content (AvgIpc) is 3.09. The number of hydrogen-bond acceptors (Lipinski definition) is 3. The van der Waals surface area contributed by atoms with E-state index in [1.807, 2.05) is 6.07 Å². The summed E-state index contributed by atoms with van der Waals surface area (Å²) in [5, 5.41) is 0. The van der Waals surface area contributed by atoms with Gasteiger partial charge in [0.1, 0.15) is 0 Å². The van der Waals surface area contributed by atoms with Crippen molar-refractivity contribution in [1.29, 1.82) is 0 Å². The maximum atomic E-state index is 5.50. The molecule has 2 aliphatic heterocycles. The van der Waals surface area contributed by atoms with Crippen molar-refractivity contribution in [2.45, 2.75) is 24.8 Å². The molecule has 0 aromatic heterocycles. The lowest BCUT2D eigenvalue weighted by Gasteiger charge is -2.37. The van der Waals surface area contributed by atoms with E-state index in [1.165, 1.54) is 36.1 Å². The van der Waals surface area contributed by atoms with Crippen LogP contribution in [0.25, 0.3) is 0 Å². The second-order valence-corrected chi connectivity index (χ2v) is 6.45. The van der Waals surface area contributed by atoms with E-state index in [2.05, 4.69) is 41.3 Å². The van der Waals surface area contributed by atoms with Crippen molar-refractivity contribution in [3.8, 4) is 11.5 Å². The lowest BCUT2D eigenvalue weighted by Crippen LogP contribution is -2.34. The minimum atomic E-state index is 0. The smallest absolute Gasteiger partial charge is 0.161 e. The predicted octanol–water partition coefficient (Wildman–Crippen LogP) is 4.56. The molecule has 24 heavy (non-hydrogen) atoms. The molecule has 2 atom stereocenters. The first-order valence-corrected chi connectivity index (χ1v) is 8.36. The molecule has 0 bridgehead atoms. The van der Waals surface area contributed by atoms with Gasteiger partial charge in [-0.15, -0.1) is 17.0 Å². The summed E-state index contributed by atoms with van der Waals surface area (Å²) in [5.41, 5.74) is 4.29. The standard InChI is InChI=1S/C20H23NO2.BrH/c1-22-19-10-9-14(12-20(19)23-2)17-13-21-11-5-8-18(21)16-7-4-3-6-15(16)17;/h3-4,6-7,9-10,12,17-18H,5,8,11,13H2,1-2H3;1H/t17-,18+;/m0./s1. The van der Waals surface area contributed by atoms with Crippen LogP contribution in [-0.2, 0) is 0 Å². The molecule has 2 aliphatic rings. The summed E-state index contributed by atoms with van der Waals surface area (Å²) in [6.07, 6.45) is 2.59. The van der Waals surface area contributed by atoms with Gasteiger partial charge in [-0.2, -0.15) is 0 Å². The first kappa shape index (κ1) is 17.3. The summed E-state index contributed by atoms with van der Waals surface area (Å²) in [6, 6.07) is 15.9. The monoisotopic (exact) mass is 389 g/mol. The third-order valence-electron chi connectivity index (χ3n) is 5.32. The predicted molar refractivity (Wildman–Crippen MR) is 102 cm³/mol. The molecule has 4 rings (SSSR count). The van der Waals surface area contributed by atoms with Crippen molar-refractivity contribution < 1.29 is 9.47 Å². The second kappa shape index (κ2) is 7.16. The molecule has 1 saturated heterocycles. The van der Waals surface area contributed by atoms with Crippen molar-refractivity contribution in [2.24, 2.45) is 0 Å². The lowest BCUT2D eigenvalue weighted by atomic mass is 9.81. The highest BCUT2D eigenvalue weighted by Gasteiger charge is 2.36. The Morgan fingerprint density at radius 3 is 2.46 bits per heavy atom. The van der Waals surface area contributed by atoms with Gasteiger partial charge in [0, 0.05) is 18.5 Å². The Labute approximate surface area is 154 Å². The Morgan fingerprint density at radius 2 is 1.71 bits per heavy atom. The number of halogens is 1. The number of nitrogens with zero attached hydrogens (tertiary/aromatic N) is 1. The van der Waals surface area contributed by atoms with Crippen LogP contribution in [0.1, 0.15) is 41.5 Å². The first-order chi connectivity index (χ1) is 11.3. The zero-order valence-electron chi connectivity index (χ0n) is 14.2. The molecular formula is C20H24BrNO2. The number of benzene rings is 2. The summed E-state index contributed by atoms with van der Waals surface area (Å²) in [6.45, 7) is 2.31. The topological polar surface area (TPSA) is 21.7 Å². The molecule has 2 aromatic carbocycles. The van der Waals surface area contributed by atoms with Gasteiger partial charge in [-0.3, -0.25) is 4.90 Å². The molecule has 0 amide bonds. The fourth-order valence-corrected chi connectivity index (χ4v) is 4.22. The molecule has 0 aliphatic carbocycles. The van der Waals surface area contributed by atoms with Crippen LogP contribution < -0.4 is 9.47 Å². The summed E-state index contributed by atoms with van der Waals surface area (Å²) < 4.78 is 10.9. The maximum absolute atomic E-state index is 5.50. The van der Waals surface area contributed by atoms with Gasteiger partial charge in [0.25, 0.3) is 0 Å². The zero-order chi connectivity index (χ0) is 15.8. The van der Waals surface area contributed by atoms with Crippen molar-refractivity contribution in [3.63, 3.8) is 0 Å². The van der Waals surface area contributed by atoms with Crippen LogP contribution in [0.2, 0.25) is 0 Å². The van der Waals surface area contributed by atoms with Crippen LogP contribution in [-0.4, -0.2) is 32.2 Å². The molecule has 0 spiro atoms. The van der Waals surface area contributed by atoms with Gasteiger partial charge in [-0.1, -0.05) is 30.3 Å². The summed E-state index contributed by atoms with van der Waals surface area (Å²) in [7, 11) is 3.38. The van der Waals surface area contributed by atoms with Crippen LogP contribution in [0.3, 0.4) is 0 Å². The quantitative estimate of drug-likeness (QED) is 0.767. The minimum absolute atomic E-state index is 0. The van der Waals surface area contributed by atoms with E-state index in [0.29, 0.717) is 12.0 Å². The SMILES string of the molecule is Br.COc1ccc([C@@H]2CN3CCC[C@@H]3c3ccccc32)cc1OC. The van der Waals surface area contributed by atoms with Gasteiger partial charge in [0.15, 0.2) is 11.5 Å². The van der Waals surface area contributed by atoms with E-state index in [0.717, 1.165) is 18.0 Å². The van der Waals surface area contributed by atoms with Gasteiger partial charge in [0.05, 0.1) is 14.2 Å². The third-order valence-corrected chi connectivity index (χ3v) is 5.32. The normalized spacial score (nSPS) is 22.2. The summed E-state index contributed by atoms with van der Waals surface area (Å²) in [5.74, 6) is 2.01. The van der Waals surface area contributed by atoms with E-state index < -0.39 is 0 Å². The Balaban J connectivity index is 0.00000169.